The molecule has 1 amide bonds. The Morgan fingerprint density at radius 2 is 1.97 bits per heavy atom. The summed E-state index contributed by atoms with van der Waals surface area (Å²) < 4.78 is 7.71. The molecule has 0 spiro atoms. The second kappa shape index (κ2) is 9.26. The van der Waals surface area contributed by atoms with Crippen LogP contribution in [0, 0.1) is 13.8 Å². The SMILES string of the molecule is Cc1nc2c3ccccc3nn2c(C)c1CCC(=O)OCC(=O)N(C)Cc1ccc(Cl)s1. The van der Waals surface area contributed by atoms with Crippen molar-refractivity contribution < 1.29 is 14.3 Å². The third-order valence-electron chi connectivity index (χ3n) is 5.40. The van der Waals surface area contributed by atoms with Crippen molar-refractivity contribution in [3.63, 3.8) is 0 Å². The van der Waals surface area contributed by atoms with Crippen molar-refractivity contribution in [1.29, 1.82) is 0 Å². The second-order valence-electron chi connectivity index (χ2n) is 7.63. The Morgan fingerprint density at radius 3 is 2.72 bits per heavy atom. The number of hydrogen-bond acceptors (Lipinski definition) is 6. The number of benzene rings is 1. The normalized spacial score (nSPS) is 11.2. The summed E-state index contributed by atoms with van der Waals surface area (Å²) in [6, 6.07) is 11.5. The number of rotatable bonds is 7. The van der Waals surface area contributed by atoms with Crippen LogP contribution in [0.15, 0.2) is 36.4 Å². The first-order valence-corrected chi connectivity index (χ1v) is 11.4. The van der Waals surface area contributed by atoms with Crippen molar-refractivity contribution in [2.75, 3.05) is 13.7 Å². The molecule has 4 rings (SSSR count). The lowest BCUT2D eigenvalue weighted by Crippen LogP contribution is -2.30. The van der Waals surface area contributed by atoms with Crippen molar-refractivity contribution in [1.82, 2.24) is 19.5 Å². The Kier molecular flexibility index (Phi) is 6.43. The highest BCUT2D eigenvalue weighted by Gasteiger charge is 2.17. The van der Waals surface area contributed by atoms with Crippen LogP contribution in [0.4, 0.5) is 0 Å². The summed E-state index contributed by atoms with van der Waals surface area (Å²) in [7, 11) is 1.67. The maximum Gasteiger partial charge on any atom is 0.306 e. The predicted molar refractivity (Wildman–Crippen MR) is 125 cm³/mol. The first-order chi connectivity index (χ1) is 15.3. The largest absolute Gasteiger partial charge is 0.456 e. The fraction of sp³-hybridized carbons (Fsp3) is 0.304. The van der Waals surface area contributed by atoms with Crippen LogP contribution >= 0.6 is 22.9 Å². The lowest BCUT2D eigenvalue weighted by molar-refractivity contribution is -0.151. The van der Waals surface area contributed by atoms with Gasteiger partial charge in [-0.25, -0.2) is 9.50 Å². The van der Waals surface area contributed by atoms with Crippen molar-refractivity contribution in [3.05, 3.63) is 62.6 Å². The van der Waals surface area contributed by atoms with Crippen LogP contribution in [0.3, 0.4) is 0 Å². The molecule has 0 aliphatic rings. The molecule has 0 saturated heterocycles. The number of halogens is 1. The number of ether oxygens (including phenoxy) is 1. The molecule has 166 valence electrons. The number of carbonyl (C=O) groups excluding carboxylic acids is 2. The molecule has 1 aromatic carbocycles. The topological polar surface area (TPSA) is 76.8 Å². The van der Waals surface area contributed by atoms with Crippen molar-refractivity contribution in [3.8, 4) is 0 Å². The lowest BCUT2D eigenvalue weighted by Gasteiger charge is -2.16. The van der Waals surface area contributed by atoms with E-state index in [9.17, 15) is 9.59 Å². The van der Waals surface area contributed by atoms with Crippen LogP contribution in [-0.4, -0.2) is 45.0 Å². The Hall–Kier alpha value is -2.97. The van der Waals surface area contributed by atoms with Gasteiger partial charge >= 0.3 is 5.97 Å². The van der Waals surface area contributed by atoms with E-state index in [1.54, 1.807) is 13.1 Å². The molecule has 3 heterocycles. The third kappa shape index (κ3) is 4.61. The lowest BCUT2D eigenvalue weighted by atomic mass is 10.1. The zero-order valence-electron chi connectivity index (χ0n) is 18.1. The van der Waals surface area contributed by atoms with Gasteiger partial charge in [0.2, 0.25) is 0 Å². The Labute approximate surface area is 194 Å². The van der Waals surface area contributed by atoms with E-state index in [0.717, 1.165) is 38.4 Å². The minimum Gasteiger partial charge on any atom is -0.456 e. The van der Waals surface area contributed by atoms with Gasteiger partial charge in [0.1, 0.15) is 0 Å². The molecule has 32 heavy (non-hydrogen) atoms. The van der Waals surface area contributed by atoms with Gasteiger partial charge in [0, 0.05) is 35.1 Å². The minimum absolute atomic E-state index is 0.160. The number of amides is 1. The van der Waals surface area contributed by atoms with E-state index in [0.29, 0.717) is 17.3 Å². The van der Waals surface area contributed by atoms with Gasteiger partial charge in [-0.15, -0.1) is 11.3 Å². The van der Waals surface area contributed by atoms with E-state index < -0.39 is 5.97 Å². The summed E-state index contributed by atoms with van der Waals surface area (Å²) in [5.41, 5.74) is 4.45. The van der Waals surface area contributed by atoms with Gasteiger partial charge in [0.05, 0.1) is 16.4 Å². The Morgan fingerprint density at radius 1 is 1.19 bits per heavy atom. The highest BCUT2D eigenvalue weighted by molar-refractivity contribution is 7.16. The molecule has 7 nitrogen and oxygen atoms in total. The standard InChI is InChI=1S/C23H23ClN4O3S/c1-14-17(15(2)28-23(25-14)18-6-4-5-7-19(18)26-28)9-11-22(30)31-13-21(29)27(3)12-16-8-10-20(24)32-16/h4-8,10H,9,11-13H2,1-3H3. The van der Waals surface area contributed by atoms with E-state index >= 15 is 0 Å². The minimum atomic E-state index is -0.421. The van der Waals surface area contributed by atoms with Gasteiger partial charge in [-0.1, -0.05) is 23.7 Å². The molecule has 4 aromatic rings. The number of carbonyl (C=O) groups is 2. The fourth-order valence-electron chi connectivity index (χ4n) is 3.65. The van der Waals surface area contributed by atoms with E-state index in [2.05, 4.69) is 5.10 Å². The number of esters is 1. The summed E-state index contributed by atoms with van der Waals surface area (Å²) in [4.78, 5) is 31.8. The van der Waals surface area contributed by atoms with Gasteiger partial charge in [-0.05, 0) is 50.1 Å². The maximum atomic E-state index is 12.3. The molecular formula is C23H23ClN4O3S. The maximum absolute atomic E-state index is 12.3. The second-order valence-corrected chi connectivity index (χ2v) is 9.43. The van der Waals surface area contributed by atoms with Gasteiger partial charge in [0.15, 0.2) is 12.3 Å². The highest BCUT2D eigenvalue weighted by Crippen LogP contribution is 2.24. The van der Waals surface area contributed by atoms with Crippen LogP contribution < -0.4 is 0 Å². The number of hydrogen-bond donors (Lipinski definition) is 0. The van der Waals surface area contributed by atoms with Crippen LogP contribution in [0.5, 0.6) is 0 Å². The van der Waals surface area contributed by atoms with Gasteiger partial charge in [-0.2, -0.15) is 5.10 Å². The molecule has 9 heteroatoms. The quantitative estimate of drug-likeness (QED) is 0.375. The smallest absolute Gasteiger partial charge is 0.306 e. The first-order valence-electron chi connectivity index (χ1n) is 10.2. The molecule has 0 aliphatic heterocycles. The zero-order chi connectivity index (χ0) is 22.8. The molecule has 0 radical (unpaired) electrons. The van der Waals surface area contributed by atoms with Crippen LogP contribution in [0.25, 0.3) is 16.6 Å². The van der Waals surface area contributed by atoms with Crippen LogP contribution in [0.1, 0.15) is 28.2 Å². The molecule has 0 N–H and O–H groups in total. The molecule has 3 aromatic heterocycles. The molecule has 0 bridgehead atoms. The Bertz CT molecular complexity index is 1310. The predicted octanol–water partition coefficient (Wildman–Crippen LogP) is 4.35. The van der Waals surface area contributed by atoms with E-state index in [1.807, 2.05) is 48.7 Å². The van der Waals surface area contributed by atoms with Crippen LogP contribution in [-0.2, 0) is 27.3 Å². The average molecular weight is 471 g/mol. The summed E-state index contributed by atoms with van der Waals surface area (Å²) in [6.07, 6.45) is 0.626. The highest BCUT2D eigenvalue weighted by atomic mass is 35.5. The molecule has 0 atom stereocenters. The Balaban J connectivity index is 1.36. The zero-order valence-corrected chi connectivity index (χ0v) is 19.7. The number of aryl methyl sites for hydroxylation is 2. The van der Waals surface area contributed by atoms with Gasteiger partial charge in [-0.3, -0.25) is 9.59 Å². The fourth-order valence-corrected chi connectivity index (χ4v) is 4.79. The summed E-state index contributed by atoms with van der Waals surface area (Å²) in [5, 5.41) is 5.64. The molecule has 0 unspecified atom stereocenters. The number of fused-ring (bicyclic) bond motifs is 3. The molecule has 0 saturated carbocycles. The number of nitrogens with zero attached hydrogens (tertiary/aromatic N) is 4. The molecule has 0 fully saturated rings. The molecule has 0 aliphatic carbocycles. The third-order valence-corrected chi connectivity index (χ3v) is 6.62. The first kappa shape index (κ1) is 22.2. The number of likely N-dealkylation sites (N-methyl/N-ethyl adjacent to an activating group) is 1. The van der Waals surface area contributed by atoms with Crippen molar-refractivity contribution in [2.45, 2.75) is 33.2 Å². The van der Waals surface area contributed by atoms with Gasteiger partial charge in [0.25, 0.3) is 5.91 Å². The van der Waals surface area contributed by atoms with Gasteiger partial charge < -0.3 is 9.64 Å². The summed E-state index contributed by atoms with van der Waals surface area (Å²) in [5.74, 6) is -0.683. The number of aromatic nitrogens is 3. The monoisotopic (exact) mass is 470 g/mol. The molecular weight excluding hydrogens is 448 g/mol. The summed E-state index contributed by atoms with van der Waals surface area (Å²) in [6.45, 7) is 4.05. The summed E-state index contributed by atoms with van der Waals surface area (Å²) >= 11 is 7.34. The average Bonchev–Trinajstić information content (AvgIpc) is 3.35. The number of thiophene rings is 1. The van der Waals surface area contributed by atoms with Crippen molar-refractivity contribution in [2.24, 2.45) is 0 Å². The van der Waals surface area contributed by atoms with E-state index in [-0.39, 0.29) is 18.9 Å². The van der Waals surface area contributed by atoms with E-state index in [4.69, 9.17) is 21.3 Å². The van der Waals surface area contributed by atoms with Crippen LogP contribution in [0.2, 0.25) is 4.34 Å². The van der Waals surface area contributed by atoms with E-state index in [1.165, 1.54) is 16.2 Å². The van der Waals surface area contributed by atoms with Crippen molar-refractivity contribution >= 4 is 51.4 Å².